The van der Waals surface area contributed by atoms with E-state index in [1.54, 1.807) is 11.3 Å². The third-order valence-corrected chi connectivity index (χ3v) is 6.40. The highest BCUT2D eigenvalue weighted by molar-refractivity contribution is 7.82. The Bertz CT molecular complexity index is 826. The van der Waals surface area contributed by atoms with Crippen molar-refractivity contribution in [3.63, 3.8) is 0 Å². The second kappa shape index (κ2) is 6.39. The number of hydrogen-bond donors (Lipinski definition) is 0. The van der Waals surface area contributed by atoms with Crippen LogP contribution in [0.1, 0.15) is 0 Å². The molecule has 0 aliphatic carbocycles. The summed E-state index contributed by atoms with van der Waals surface area (Å²) in [5.74, 6) is 0. The molecule has 23 heavy (non-hydrogen) atoms. The molecule has 0 radical (unpaired) electrons. The van der Waals surface area contributed by atoms with Gasteiger partial charge in [0.1, 0.15) is 11.0 Å². The first-order valence-corrected chi connectivity index (χ1v) is 9.60. The highest BCUT2D eigenvalue weighted by Gasteiger charge is 2.22. The van der Waals surface area contributed by atoms with Gasteiger partial charge in [-0.2, -0.15) is 0 Å². The fourth-order valence-corrected chi connectivity index (χ4v) is 4.70. The van der Waals surface area contributed by atoms with E-state index in [-0.39, 0.29) is 0 Å². The molecule has 1 unspecified atom stereocenters. The van der Waals surface area contributed by atoms with Gasteiger partial charge >= 0.3 is 0 Å². The number of para-hydroxylation sites is 1. The lowest BCUT2D eigenvalue weighted by atomic mass is 10.2. The zero-order valence-electron chi connectivity index (χ0n) is 12.6. The summed E-state index contributed by atoms with van der Waals surface area (Å²) in [4.78, 5) is 7.50. The maximum Gasteiger partial charge on any atom is 0.127 e. The lowest BCUT2D eigenvalue weighted by molar-refractivity contribution is 0.410. The summed E-state index contributed by atoms with van der Waals surface area (Å²) in [7, 11) is -1.11. The Labute approximate surface area is 142 Å². The molecule has 4 nitrogen and oxygen atoms in total. The van der Waals surface area contributed by atoms with Crippen LogP contribution in [0.15, 0.2) is 58.9 Å². The largest absolute Gasteiger partial charge is 0.369 e. The number of benzene rings is 2. The van der Waals surface area contributed by atoms with Crippen LogP contribution in [0.3, 0.4) is 0 Å². The third kappa shape index (κ3) is 3.02. The maximum atomic E-state index is 12.8. The molecule has 1 atom stereocenters. The first-order valence-electron chi connectivity index (χ1n) is 7.61. The van der Waals surface area contributed by atoms with E-state index in [1.807, 2.05) is 34.1 Å². The normalized spacial score (nSPS) is 17.5. The maximum absolute atomic E-state index is 12.8. The predicted octanol–water partition coefficient (Wildman–Crippen LogP) is 3.14. The molecule has 1 aromatic heterocycles. The number of piperazine rings is 1. The predicted molar refractivity (Wildman–Crippen MR) is 96.3 cm³/mol. The molecule has 0 bridgehead atoms. The molecule has 0 N–H and O–H groups in total. The lowest BCUT2D eigenvalue weighted by Crippen LogP contribution is -2.46. The van der Waals surface area contributed by atoms with E-state index in [0.717, 1.165) is 41.3 Å². The van der Waals surface area contributed by atoms with Gasteiger partial charge in [0.05, 0.1) is 20.6 Å². The highest BCUT2D eigenvalue weighted by atomic mass is 32.2. The summed E-state index contributed by atoms with van der Waals surface area (Å²) >= 11 is 1.61. The summed E-state index contributed by atoms with van der Waals surface area (Å²) in [6.45, 7) is 3.40. The van der Waals surface area contributed by atoms with E-state index in [0.29, 0.717) is 0 Å². The SMILES string of the molecule is O=S(c1ccc2scnc2c1)N1CCN(c2ccccc2)CC1. The number of rotatable bonds is 3. The van der Waals surface area contributed by atoms with Crippen LogP contribution >= 0.6 is 11.3 Å². The number of anilines is 1. The second-order valence-electron chi connectivity index (χ2n) is 5.48. The van der Waals surface area contributed by atoms with Crippen molar-refractivity contribution >= 4 is 38.2 Å². The summed E-state index contributed by atoms with van der Waals surface area (Å²) < 4.78 is 16.0. The zero-order chi connectivity index (χ0) is 15.6. The average Bonchev–Trinajstić information content (AvgIpc) is 3.10. The Balaban J connectivity index is 1.46. The number of aromatic nitrogens is 1. The molecule has 2 heterocycles. The van der Waals surface area contributed by atoms with Gasteiger partial charge < -0.3 is 4.90 Å². The van der Waals surface area contributed by atoms with Crippen molar-refractivity contribution in [1.82, 2.24) is 9.29 Å². The molecule has 1 aliphatic rings. The van der Waals surface area contributed by atoms with Gasteiger partial charge in [-0.05, 0) is 30.3 Å². The Morgan fingerprint density at radius 3 is 2.57 bits per heavy atom. The van der Waals surface area contributed by atoms with Crippen molar-refractivity contribution in [1.29, 1.82) is 0 Å². The summed E-state index contributed by atoms with van der Waals surface area (Å²) in [5, 5.41) is 0. The molecule has 1 fully saturated rings. The number of nitrogens with zero attached hydrogens (tertiary/aromatic N) is 3. The molecule has 4 rings (SSSR count). The monoisotopic (exact) mass is 343 g/mol. The Kier molecular flexibility index (Phi) is 4.11. The minimum absolute atomic E-state index is 0.802. The van der Waals surface area contributed by atoms with Crippen LogP contribution in [-0.4, -0.2) is 39.7 Å². The van der Waals surface area contributed by atoms with Crippen molar-refractivity contribution in [3.05, 3.63) is 54.0 Å². The molecule has 1 aliphatic heterocycles. The molecule has 6 heteroatoms. The molecule has 3 aromatic rings. The first kappa shape index (κ1) is 14.8. The van der Waals surface area contributed by atoms with Crippen LogP contribution < -0.4 is 4.90 Å². The summed E-state index contributed by atoms with van der Waals surface area (Å²) in [6.07, 6.45) is 0. The van der Waals surface area contributed by atoms with Crippen molar-refractivity contribution in [2.45, 2.75) is 4.90 Å². The number of fused-ring (bicyclic) bond motifs is 1. The standard InChI is InChI=1S/C17H17N3OS2/c21-23(15-6-7-17-16(12-15)18-13-22-17)20-10-8-19(9-11-20)14-4-2-1-3-5-14/h1-7,12-13H,8-11H2. The van der Waals surface area contributed by atoms with Crippen LogP contribution in [0.25, 0.3) is 10.2 Å². The zero-order valence-corrected chi connectivity index (χ0v) is 14.2. The van der Waals surface area contributed by atoms with E-state index in [4.69, 9.17) is 0 Å². The smallest absolute Gasteiger partial charge is 0.127 e. The second-order valence-corrected chi connectivity index (χ2v) is 7.86. The molecule has 0 saturated carbocycles. The fourth-order valence-electron chi connectivity index (χ4n) is 2.85. The van der Waals surface area contributed by atoms with Crippen molar-refractivity contribution in [3.8, 4) is 0 Å². The summed E-state index contributed by atoms with van der Waals surface area (Å²) in [6, 6.07) is 16.3. The van der Waals surface area contributed by atoms with E-state index in [9.17, 15) is 4.21 Å². The fraction of sp³-hybridized carbons (Fsp3) is 0.235. The molecule has 118 valence electrons. The summed E-state index contributed by atoms with van der Waals surface area (Å²) in [5.41, 5.74) is 4.00. The first-order chi connectivity index (χ1) is 11.3. The van der Waals surface area contributed by atoms with Crippen LogP contribution in [0.2, 0.25) is 0 Å². The Morgan fingerprint density at radius 2 is 1.78 bits per heavy atom. The molecule has 0 spiro atoms. The molecular formula is C17H17N3OS2. The van der Waals surface area contributed by atoms with Crippen molar-refractivity contribution in [2.24, 2.45) is 0 Å². The quantitative estimate of drug-likeness (QED) is 0.733. The molecule has 1 saturated heterocycles. The third-order valence-electron chi connectivity index (χ3n) is 4.10. The number of hydrogen-bond acceptors (Lipinski definition) is 4. The van der Waals surface area contributed by atoms with Crippen LogP contribution in [0.4, 0.5) is 5.69 Å². The van der Waals surface area contributed by atoms with Gasteiger partial charge in [-0.3, -0.25) is 0 Å². The van der Waals surface area contributed by atoms with E-state index in [1.165, 1.54) is 5.69 Å². The van der Waals surface area contributed by atoms with E-state index in [2.05, 4.69) is 34.1 Å². The van der Waals surface area contributed by atoms with Gasteiger partial charge in [0.15, 0.2) is 0 Å². The van der Waals surface area contributed by atoms with Gasteiger partial charge in [0.25, 0.3) is 0 Å². The van der Waals surface area contributed by atoms with Gasteiger partial charge in [0.2, 0.25) is 0 Å². The minimum atomic E-state index is -1.11. The van der Waals surface area contributed by atoms with Crippen LogP contribution in [0.5, 0.6) is 0 Å². The van der Waals surface area contributed by atoms with Gasteiger partial charge in [-0.1, -0.05) is 18.2 Å². The van der Waals surface area contributed by atoms with Crippen molar-refractivity contribution < 1.29 is 4.21 Å². The lowest BCUT2D eigenvalue weighted by Gasteiger charge is -2.35. The Morgan fingerprint density at radius 1 is 1.00 bits per heavy atom. The minimum Gasteiger partial charge on any atom is -0.369 e. The van der Waals surface area contributed by atoms with Crippen molar-refractivity contribution in [2.75, 3.05) is 31.1 Å². The van der Waals surface area contributed by atoms with Crippen LogP contribution in [-0.2, 0) is 11.0 Å². The topological polar surface area (TPSA) is 36.4 Å². The van der Waals surface area contributed by atoms with Gasteiger partial charge in [0, 0.05) is 31.9 Å². The Hall–Kier alpha value is -1.76. The highest BCUT2D eigenvalue weighted by Crippen LogP contribution is 2.23. The average molecular weight is 343 g/mol. The van der Waals surface area contributed by atoms with Gasteiger partial charge in [-0.25, -0.2) is 13.5 Å². The molecule has 2 aromatic carbocycles. The number of thiazole rings is 1. The van der Waals surface area contributed by atoms with Gasteiger partial charge in [-0.15, -0.1) is 11.3 Å². The molecule has 0 amide bonds. The molecular weight excluding hydrogens is 326 g/mol. The van der Waals surface area contributed by atoms with E-state index >= 15 is 0 Å². The van der Waals surface area contributed by atoms with E-state index < -0.39 is 11.0 Å². The van der Waals surface area contributed by atoms with Crippen LogP contribution in [0, 0.1) is 0 Å².